The molecule has 2 rings (SSSR count). The van der Waals surface area contributed by atoms with E-state index in [0.717, 1.165) is 0 Å². The van der Waals surface area contributed by atoms with Crippen LogP contribution in [0.3, 0.4) is 0 Å². The van der Waals surface area contributed by atoms with Gasteiger partial charge in [0.2, 0.25) is 17.7 Å². The molecule has 1 aromatic carbocycles. The fourth-order valence-electron chi connectivity index (χ4n) is 4.04. The van der Waals surface area contributed by atoms with Crippen molar-refractivity contribution in [2.75, 3.05) is 6.54 Å². The normalized spacial score (nSPS) is 17.8. The molecule has 1 heterocycles. The number of rotatable bonds is 9. The van der Waals surface area contributed by atoms with E-state index in [4.69, 9.17) is 4.74 Å². The van der Waals surface area contributed by atoms with Crippen LogP contribution in [-0.4, -0.2) is 54.1 Å². The number of hydrogen-bond donors (Lipinski definition) is 4. The first kappa shape index (κ1) is 30.5. The van der Waals surface area contributed by atoms with Crippen molar-refractivity contribution in [2.24, 2.45) is 11.3 Å². The van der Waals surface area contributed by atoms with Gasteiger partial charge in [0.05, 0.1) is 6.07 Å². The predicted octanol–water partition coefficient (Wildman–Crippen LogP) is 2.33. The van der Waals surface area contributed by atoms with E-state index in [1.54, 1.807) is 47.6 Å². The van der Waals surface area contributed by atoms with Crippen molar-refractivity contribution < 1.29 is 28.3 Å². The summed E-state index contributed by atoms with van der Waals surface area (Å²) in [6, 6.07) is 4.37. The maximum Gasteiger partial charge on any atom is 0.408 e. The smallest absolute Gasteiger partial charge is 0.408 e. The van der Waals surface area contributed by atoms with Gasteiger partial charge in [0, 0.05) is 18.9 Å². The first-order valence-corrected chi connectivity index (χ1v) is 12.6. The zero-order valence-electron chi connectivity index (χ0n) is 22.8. The van der Waals surface area contributed by atoms with Crippen molar-refractivity contribution in [1.82, 2.24) is 21.3 Å². The summed E-state index contributed by atoms with van der Waals surface area (Å²) in [7, 11) is 0. The van der Waals surface area contributed by atoms with Crippen LogP contribution in [0.15, 0.2) is 24.3 Å². The summed E-state index contributed by atoms with van der Waals surface area (Å²) in [5.74, 6) is -2.40. The average molecular weight is 532 g/mol. The van der Waals surface area contributed by atoms with E-state index >= 15 is 0 Å². The van der Waals surface area contributed by atoms with Gasteiger partial charge in [-0.25, -0.2) is 9.18 Å². The number of halogens is 1. The Morgan fingerprint density at radius 1 is 1.13 bits per heavy atom. The van der Waals surface area contributed by atoms with E-state index in [-0.39, 0.29) is 18.7 Å². The molecule has 0 bridgehead atoms. The summed E-state index contributed by atoms with van der Waals surface area (Å²) >= 11 is 0. The SMILES string of the molecule is CC(C)(C)OC(=O)N[C@H](C(=O)N[C@@H](Cc1cccc(F)c1)C(=O)N[C@H](C#N)C[C@@H]1CCNC1=O)C(C)(C)C. The molecule has 38 heavy (non-hydrogen) atoms. The van der Waals surface area contributed by atoms with E-state index < -0.39 is 58.8 Å². The molecule has 4 atom stereocenters. The predicted molar refractivity (Wildman–Crippen MR) is 138 cm³/mol. The Morgan fingerprint density at radius 3 is 2.34 bits per heavy atom. The maximum absolute atomic E-state index is 13.8. The summed E-state index contributed by atoms with van der Waals surface area (Å²) < 4.78 is 19.1. The molecule has 1 saturated heterocycles. The van der Waals surface area contributed by atoms with Crippen molar-refractivity contribution in [3.63, 3.8) is 0 Å². The number of carbonyl (C=O) groups excluding carboxylic acids is 4. The molecule has 0 aliphatic carbocycles. The molecule has 208 valence electrons. The van der Waals surface area contributed by atoms with E-state index in [9.17, 15) is 28.8 Å². The fraction of sp³-hybridized carbons (Fsp3) is 0.593. The number of alkyl carbamates (subject to hydrolysis) is 1. The molecular formula is C27H38FN5O5. The summed E-state index contributed by atoms with van der Waals surface area (Å²) in [6.07, 6.45) is -0.182. The second-order valence-electron chi connectivity index (χ2n) is 11.5. The molecular weight excluding hydrogens is 493 g/mol. The lowest BCUT2D eigenvalue weighted by molar-refractivity contribution is -0.131. The summed E-state index contributed by atoms with van der Waals surface area (Å²) in [4.78, 5) is 51.1. The zero-order chi connectivity index (χ0) is 28.7. The lowest BCUT2D eigenvalue weighted by atomic mass is 9.86. The number of nitrogens with one attached hydrogen (secondary N) is 4. The number of benzene rings is 1. The summed E-state index contributed by atoms with van der Waals surface area (Å²) in [5.41, 5.74) is -1.10. The van der Waals surface area contributed by atoms with Crippen molar-refractivity contribution in [1.29, 1.82) is 5.26 Å². The number of nitriles is 1. The van der Waals surface area contributed by atoms with Gasteiger partial charge in [-0.05, 0) is 56.7 Å². The summed E-state index contributed by atoms with van der Waals surface area (Å²) in [6.45, 7) is 10.8. The van der Waals surface area contributed by atoms with Gasteiger partial charge in [0.25, 0.3) is 0 Å². The average Bonchev–Trinajstić information content (AvgIpc) is 3.18. The lowest BCUT2D eigenvalue weighted by Gasteiger charge is -2.32. The highest BCUT2D eigenvalue weighted by Gasteiger charge is 2.37. The molecule has 4 N–H and O–H groups in total. The van der Waals surface area contributed by atoms with Crippen LogP contribution in [0, 0.1) is 28.5 Å². The molecule has 1 aliphatic rings. The van der Waals surface area contributed by atoms with Crippen LogP contribution in [-0.2, 0) is 25.5 Å². The molecule has 0 radical (unpaired) electrons. The Labute approximate surface area is 223 Å². The molecule has 10 nitrogen and oxygen atoms in total. The molecule has 1 aromatic rings. The molecule has 1 aliphatic heterocycles. The molecule has 0 aromatic heterocycles. The van der Waals surface area contributed by atoms with Crippen LogP contribution in [0.25, 0.3) is 0 Å². The van der Waals surface area contributed by atoms with Gasteiger partial charge in [-0.1, -0.05) is 32.9 Å². The van der Waals surface area contributed by atoms with E-state index in [1.165, 1.54) is 18.2 Å². The Morgan fingerprint density at radius 2 is 1.82 bits per heavy atom. The third kappa shape index (κ3) is 9.65. The minimum atomic E-state index is -1.19. The molecule has 0 spiro atoms. The topological polar surface area (TPSA) is 149 Å². The highest BCUT2D eigenvalue weighted by atomic mass is 19.1. The zero-order valence-corrected chi connectivity index (χ0v) is 22.8. The fourth-order valence-corrected chi connectivity index (χ4v) is 4.04. The Hall–Kier alpha value is -3.68. The van der Waals surface area contributed by atoms with E-state index in [1.807, 2.05) is 6.07 Å². The standard InChI is InChI=1S/C27H38FN5O5/c1-26(2,3)21(33-25(37)38-27(4,5)6)24(36)32-20(13-16-8-7-9-18(28)12-16)23(35)31-19(15-29)14-17-10-11-30-22(17)34/h7-9,12,17,19-21H,10-11,13-14H2,1-6H3,(H,30,34)(H,31,35)(H,32,36)(H,33,37)/t17-,19-,20-,21+/m0/s1. The van der Waals surface area contributed by atoms with Gasteiger partial charge in [0.15, 0.2) is 0 Å². The third-order valence-corrected chi connectivity index (χ3v) is 5.91. The van der Waals surface area contributed by atoms with Crippen molar-refractivity contribution in [2.45, 2.75) is 84.5 Å². The van der Waals surface area contributed by atoms with Crippen LogP contribution in [0.5, 0.6) is 0 Å². The molecule has 1 fully saturated rings. The Bertz CT molecular complexity index is 1070. The Kier molecular flexibility index (Phi) is 10.2. The van der Waals surface area contributed by atoms with Crippen LogP contribution >= 0.6 is 0 Å². The van der Waals surface area contributed by atoms with E-state index in [2.05, 4.69) is 21.3 Å². The number of nitrogens with zero attached hydrogens (tertiary/aromatic N) is 1. The van der Waals surface area contributed by atoms with Gasteiger partial charge in [-0.15, -0.1) is 0 Å². The first-order chi connectivity index (χ1) is 17.6. The van der Waals surface area contributed by atoms with Gasteiger partial charge in [-0.3, -0.25) is 14.4 Å². The van der Waals surface area contributed by atoms with Gasteiger partial charge < -0.3 is 26.0 Å². The largest absolute Gasteiger partial charge is 0.444 e. The minimum Gasteiger partial charge on any atom is -0.444 e. The second-order valence-corrected chi connectivity index (χ2v) is 11.5. The highest BCUT2D eigenvalue weighted by molar-refractivity contribution is 5.92. The van der Waals surface area contributed by atoms with Crippen LogP contribution < -0.4 is 21.3 Å². The number of hydrogen-bond acceptors (Lipinski definition) is 6. The third-order valence-electron chi connectivity index (χ3n) is 5.91. The van der Waals surface area contributed by atoms with Crippen molar-refractivity contribution in [3.05, 3.63) is 35.6 Å². The molecule has 0 saturated carbocycles. The maximum atomic E-state index is 13.8. The van der Waals surface area contributed by atoms with Crippen LogP contribution in [0.2, 0.25) is 0 Å². The van der Waals surface area contributed by atoms with Gasteiger partial charge in [-0.2, -0.15) is 5.26 Å². The first-order valence-electron chi connectivity index (χ1n) is 12.6. The van der Waals surface area contributed by atoms with Crippen molar-refractivity contribution >= 4 is 23.8 Å². The molecule has 0 unspecified atom stereocenters. The number of amides is 4. The quantitative estimate of drug-likeness (QED) is 0.384. The summed E-state index contributed by atoms with van der Waals surface area (Å²) in [5, 5.41) is 20.1. The lowest BCUT2D eigenvalue weighted by Crippen LogP contribution is -2.59. The molecule has 4 amide bonds. The molecule has 11 heteroatoms. The van der Waals surface area contributed by atoms with Gasteiger partial charge >= 0.3 is 6.09 Å². The monoisotopic (exact) mass is 531 g/mol. The van der Waals surface area contributed by atoms with Crippen molar-refractivity contribution in [3.8, 4) is 6.07 Å². The Balaban J connectivity index is 2.24. The highest BCUT2D eigenvalue weighted by Crippen LogP contribution is 2.21. The minimum absolute atomic E-state index is 0.0688. The van der Waals surface area contributed by atoms with Gasteiger partial charge in [0.1, 0.15) is 29.5 Å². The van der Waals surface area contributed by atoms with Crippen LogP contribution in [0.4, 0.5) is 9.18 Å². The second kappa shape index (κ2) is 12.7. The number of carbonyl (C=O) groups is 4. The van der Waals surface area contributed by atoms with E-state index in [0.29, 0.717) is 18.5 Å². The number of ether oxygens (including phenoxy) is 1. The van der Waals surface area contributed by atoms with Crippen LogP contribution in [0.1, 0.15) is 59.9 Å².